The quantitative estimate of drug-likeness (QED) is 0.514. The predicted molar refractivity (Wildman–Crippen MR) is 105 cm³/mol. The molecule has 1 amide bonds. The van der Waals surface area contributed by atoms with Gasteiger partial charge < -0.3 is 15.4 Å². The van der Waals surface area contributed by atoms with Gasteiger partial charge in [-0.05, 0) is 24.3 Å². The summed E-state index contributed by atoms with van der Waals surface area (Å²) in [6, 6.07) is 11.6. The maximum Gasteiger partial charge on any atom is 0.490 e. The van der Waals surface area contributed by atoms with Crippen LogP contribution in [0.5, 0.6) is 0 Å². The van der Waals surface area contributed by atoms with Gasteiger partial charge >= 0.3 is 12.1 Å². The van der Waals surface area contributed by atoms with E-state index in [1.54, 1.807) is 6.20 Å². The number of aromatic nitrogens is 3. The monoisotopic (exact) mass is 482 g/mol. The number of amides is 1. The molecule has 0 unspecified atom stereocenters. The number of hydrogen-bond donors (Lipinski definition) is 3. The highest BCUT2D eigenvalue weighted by molar-refractivity contribution is 9.10. The number of H-pyrrole nitrogens is 1. The SMILES string of the molecule is O=C(O)C(F)(F)F.O=C1NCCc2[nH]c(-c3ccnc(-c4ccc(Br)cc4)n3)cc21. The number of rotatable bonds is 2. The fraction of sp³-hybridized carbons (Fsp3) is 0.158. The van der Waals surface area contributed by atoms with E-state index in [1.165, 1.54) is 0 Å². The van der Waals surface area contributed by atoms with E-state index in [4.69, 9.17) is 9.90 Å². The van der Waals surface area contributed by atoms with Crippen molar-refractivity contribution in [3.63, 3.8) is 0 Å². The summed E-state index contributed by atoms with van der Waals surface area (Å²) in [6.07, 6.45) is -2.54. The smallest absolute Gasteiger partial charge is 0.475 e. The molecule has 0 radical (unpaired) electrons. The van der Waals surface area contributed by atoms with Crippen LogP contribution in [0.4, 0.5) is 13.2 Å². The van der Waals surface area contributed by atoms with Gasteiger partial charge in [-0.2, -0.15) is 13.2 Å². The Balaban J connectivity index is 0.000000318. The molecule has 0 saturated heterocycles. The van der Waals surface area contributed by atoms with E-state index in [0.29, 0.717) is 17.9 Å². The van der Waals surface area contributed by atoms with Crippen LogP contribution in [0, 0.1) is 0 Å². The third-order valence-corrected chi connectivity index (χ3v) is 4.61. The molecule has 11 heteroatoms. The molecule has 1 aromatic carbocycles. The average Bonchev–Trinajstić information content (AvgIpc) is 3.14. The summed E-state index contributed by atoms with van der Waals surface area (Å²) in [7, 11) is 0. The maximum absolute atomic E-state index is 11.9. The number of nitrogens with one attached hydrogen (secondary N) is 2. The summed E-state index contributed by atoms with van der Waals surface area (Å²) in [5.74, 6) is -2.13. The number of alkyl halides is 3. The van der Waals surface area contributed by atoms with Crippen LogP contribution in [0.3, 0.4) is 0 Å². The molecule has 0 bridgehead atoms. The first-order valence-corrected chi connectivity index (χ1v) is 9.34. The Bertz CT molecular complexity index is 1080. The summed E-state index contributed by atoms with van der Waals surface area (Å²) < 4.78 is 32.8. The van der Waals surface area contributed by atoms with Crippen molar-refractivity contribution in [1.29, 1.82) is 0 Å². The molecule has 3 heterocycles. The number of carbonyl (C=O) groups excluding carboxylic acids is 1. The van der Waals surface area contributed by atoms with E-state index >= 15 is 0 Å². The van der Waals surface area contributed by atoms with Crippen LogP contribution in [-0.4, -0.2) is 44.7 Å². The van der Waals surface area contributed by atoms with Crippen LogP contribution < -0.4 is 5.32 Å². The van der Waals surface area contributed by atoms with Gasteiger partial charge in [0.05, 0.1) is 17.0 Å². The van der Waals surface area contributed by atoms with E-state index in [9.17, 15) is 18.0 Å². The molecule has 3 aromatic rings. The lowest BCUT2D eigenvalue weighted by Crippen LogP contribution is -2.31. The first-order valence-electron chi connectivity index (χ1n) is 8.54. The molecular weight excluding hydrogens is 469 g/mol. The third-order valence-electron chi connectivity index (χ3n) is 4.08. The molecule has 0 atom stereocenters. The largest absolute Gasteiger partial charge is 0.490 e. The molecule has 0 fully saturated rings. The molecule has 30 heavy (non-hydrogen) atoms. The standard InChI is InChI=1S/C17H13BrN4O.C2HF3O2/c18-11-3-1-10(2-4-11)16-19-7-6-14(22-16)15-9-12-13(21-15)5-8-20-17(12)23;3-2(4,5)1(6)7/h1-4,6-7,9,21H,5,8H2,(H,20,23);(H,6,7). The topological polar surface area (TPSA) is 108 Å². The number of aromatic amines is 1. The highest BCUT2D eigenvalue weighted by Crippen LogP contribution is 2.25. The molecule has 1 aliphatic heterocycles. The molecule has 2 aromatic heterocycles. The second-order valence-corrected chi connectivity index (χ2v) is 7.07. The Labute approximate surface area is 176 Å². The molecule has 4 rings (SSSR count). The average molecular weight is 483 g/mol. The van der Waals surface area contributed by atoms with Crippen LogP contribution in [-0.2, 0) is 11.2 Å². The van der Waals surface area contributed by atoms with Crippen molar-refractivity contribution >= 4 is 27.8 Å². The molecule has 0 saturated carbocycles. The van der Waals surface area contributed by atoms with Crippen LogP contribution in [0.1, 0.15) is 16.1 Å². The molecule has 156 valence electrons. The lowest BCUT2D eigenvalue weighted by molar-refractivity contribution is -0.192. The number of nitrogens with zero attached hydrogens (tertiary/aromatic N) is 2. The fourth-order valence-corrected chi connectivity index (χ4v) is 2.94. The van der Waals surface area contributed by atoms with Crippen LogP contribution in [0.15, 0.2) is 47.1 Å². The Hall–Kier alpha value is -3.21. The molecule has 3 N–H and O–H groups in total. The second-order valence-electron chi connectivity index (χ2n) is 6.16. The van der Waals surface area contributed by atoms with Gasteiger partial charge in [0.2, 0.25) is 0 Å². The predicted octanol–water partition coefficient (Wildman–Crippen LogP) is 3.82. The molecule has 7 nitrogen and oxygen atoms in total. The van der Waals surface area contributed by atoms with Gasteiger partial charge in [-0.3, -0.25) is 4.79 Å². The zero-order valence-corrected chi connectivity index (χ0v) is 16.7. The Morgan fingerprint density at radius 1 is 1.17 bits per heavy atom. The van der Waals surface area contributed by atoms with Gasteiger partial charge in [0.1, 0.15) is 0 Å². The molecule has 0 spiro atoms. The van der Waals surface area contributed by atoms with Crippen molar-refractivity contribution in [2.45, 2.75) is 12.6 Å². The van der Waals surface area contributed by atoms with E-state index in [1.807, 2.05) is 36.4 Å². The highest BCUT2D eigenvalue weighted by Gasteiger charge is 2.38. The number of carboxylic acids is 1. The summed E-state index contributed by atoms with van der Waals surface area (Å²) >= 11 is 3.42. The van der Waals surface area contributed by atoms with Gasteiger partial charge in [-0.1, -0.05) is 28.1 Å². The minimum atomic E-state index is -5.08. The summed E-state index contributed by atoms with van der Waals surface area (Å²) in [5.41, 5.74) is 4.24. The normalized spacial score (nSPS) is 13.0. The van der Waals surface area contributed by atoms with E-state index in [0.717, 1.165) is 33.5 Å². The first kappa shape index (κ1) is 21.5. The Kier molecular flexibility index (Phi) is 6.20. The van der Waals surface area contributed by atoms with Gasteiger partial charge in [-0.15, -0.1) is 0 Å². The minimum Gasteiger partial charge on any atom is -0.475 e. The fourth-order valence-electron chi connectivity index (χ4n) is 2.68. The van der Waals surface area contributed by atoms with Crippen LogP contribution in [0.2, 0.25) is 0 Å². The van der Waals surface area contributed by atoms with Crippen molar-refractivity contribution < 1.29 is 27.9 Å². The number of carboxylic acid groups (broad SMARTS) is 1. The van der Waals surface area contributed by atoms with Crippen LogP contribution in [0.25, 0.3) is 22.8 Å². The summed E-state index contributed by atoms with van der Waals surface area (Å²) in [5, 5.41) is 9.97. The summed E-state index contributed by atoms with van der Waals surface area (Å²) in [6.45, 7) is 0.666. The number of benzene rings is 1. The lowest BCUT2D eigenvalue weighted by Gasteiger charge is -2.10. The van der Waals surface area contributed by atoms with Crippen LogP contribution >= 0.6 is 15.9 Å². The van der Waals surface area contributed by atoms with Crippen molar-refractivity contribution in [3.05, 3.63) is 58.3 Å². The maximum atomic E-state index is 11.9. The zero-order valence-electron chi connectivity index (χ0n) is 15.1. The number of halogens is 4. The van der Waals surface area contributed by atoms with Gasteiger partial charge in [0.15, 0.2) is 5.82 Å². The first-order chi connectivity index (χ1) is 14.1. The second kappa shape index (κ2) is 8.66. The Morgan fingerprint density at radius 2 is 1.83 bits per heavy atom. The van der Waals surface area contributed by atoms with E-state index < -0.39 is 12.1 Å². The molecule has 1 aliphatic rings. The number of hydrogen-bond acceptors (Lipinski definition) is 4. The summed E-state index contributed by atoms with van der Waals surface area (Å²) in [4.78, 5) is 33.1. The molecule has 0 aliphatic carbocycles. The van der Waals surface area contributed by atoms with E-state index in [2.05, 4.69) is 36.2 Å². The van der Waals surface area contributed by atoms with Crippen molar-refractivity contribution in [3.8, 4) is 22.8 Å². The van der Waals surface area contributed by atoms with Crippen molar-refractivity contribution in [2.75, 3.05) is 6.54 Å². The van der Waals surface area contributed by atoms with E-state index in [-0.39, 0.29) is 5.91 Å². The minimum absolute atomic E-state index is 0.0315. The zero-order chi connectivity index (χ0) is 21.9. The molecular formula is C19H14BrF3N4O3. The lowest BCUT2D eigenvalue weighted by atomic mass is 10.1. The van der Waals surface area contributed by atoms with Gasteiger partial charge in [0, 0.05) is 34.9 Å². The third kappa shape index (κ3) is 5.03. The number of fused-ring (bicyclic) bond motifs is 1. The number of carbonyl (C=O) groups is 2. The van der Waals surface area contributed by atoms with Crippen molar-refractivity contribution in [2.24, 2.45) is 0 Å². The van der Waals surface area contributed by atoms with Crippen molar-refractivity contribution in [1.82, 2.24) is 20.3 Å². The Morgan fingerprint density at radius 3 is 2.43 bits per heavy atom. The van der Waals surface area contributed by atoms with Gasteiger partial charge in [-0.25, -0.2) is 14.8 Å². The number of aliphatic carboxylic acids is 1. The van der Waals surface area contributed by atoms with Gasteiger partial charge in [0.25, 0.3) is 5.91 Å². The highest BCUT2D eigenvalue weighted by atomic mass is 79.9.